The van der Waals surface area contributed by atoms with Gasteiger partial charge in [-0.15, -0.1) is 0 Å². The zero-order valence-corrected chi connectivity index (χ0v) is 16.2. The lowest BCUT2D eigenvalue weighted by atomic mass is 10.1. The van der Waals surface area contributed by atoms with Crippen LogP contribution in [0.1, 0.15) is 21.7 Å². The molecule has 0 saturated heterocycles. The van der Waals surface area contributed by atoms with Crippen molar-refractivity contribution in [1.29, 1.82) is 0 Å². The van der Waals surface area contributed by atoms with E-state index in [4.69, 9.17) is 12.2 Å². The number of carbonyl (C=O) groups is 1. The number of sulfone groups is 1. The van der Waals surface area contributed by atoms with Crippen LogP contribution in [0.25, 0.3) is 0 Å². The van der Waals surface area contributed by atoms with Gasteiger partial charge >= 0.3 is 0 Å². The van der Waals surface area contributed by atoms with Crippen LogP contribution in [0.5, 0.6) is 0 Å². The second-order valence-electron chi connectivity index (χ2n) is 5.96. The molecule has 0 bridgehead atoms. The number of aromatic amines is 1. The molecular weight excluding hydrogens is 384 g/mol. The maximum atomic E-state index is 12.4. The van der Waals surface area contributed by atoms with Crippen LogP contribution in [0.15, 0.2) is 59.5 Å². The predicted octanol–water partition coefficient (Wildman–Crippen LogP) is 2.38. The minimum absolute atomic E-state index is 0.121. The summed E-state index contributed by atoms with van der Waals surface area (Å²) in [4.78, 5) is 12.5. The van der Waals surface area contributed by atoms with Crippen LogP contribution in [0, 0.1) is 4.77 Å². The van der Waals surface area contributed by atoms with Crippen LogP contribution in [-0.4, -0.2) is 29.1 Å². The van der Waals surface area contributed by atoms with Gasteiger partial charge in [0.05, 0.1) is 17.2 Å². The summed E-state index contributed by atoms with van der Waals surface area (Å²) in [6.07, 6.45) is 0. The number of aromatic nitrogens is 3. The Hall–Kier alpha value is -2.78. The Morgan fingerprint density at radius 3 is 2.41 bits per heavy atom. The predicted molar refractivity (Wildman–Crippen MR) is 103 cm³/mol. The van der Waals surface area contributed by atoms with Gasteiger partial charge in [0.25, 0.3) is 5.91 Å². The number of benzene rings is 2. The molecule has 9 heteroatoms. The topological polar surface area (TPSA) is 96.8 Å². The molecule has 1 aromatic heterocycles. The molecule has 140 valence electrons. The van der Waals surface area contributed by atoms with E-state index < -0.39 is 9.84 Å². The number of hydrogen-bond acceptors (Lipinski definition) is 5. The summed E-state index contributed by atoms with van der Waals surface area (Å²) in [5.41, 5.74) is 1.05. The van der Waals surface area contributed by atoms with Gasteiger partial charge in [-0.1, -0.05) is 30.3 Å². The molecule has 0 atom stereocenters. The van der Waals surface area contributed by atoms with Gasteiger partial charge in [-0.3, -0.25) is 9.89 Å². The van der Waals surface area contributed by atoms with Crippen LogP contribution in [0.3, 0.4) is 0 Å². The van der Waals surface area contributed by atoms with E-state index in [2.05, 4.69) is 15.5 Å². The van der Waals surface area contributed by atoms with Gasteiger partial charge in [0.2, 0.25) is 0 Å². The molecule has 1 heterocycles. The lowest BCUT2D eigenvalue weighted by molar-refractivity contribution is 0.0949. The molecule has 0 aliphatic heterocycles. The Morgan fingerprint density at radius 1 is 1.15 bits per heavy atom. The van der Waals surface area contributed by atoms with E-state index in [9.17, 15) is 13.2 Å². The molecule has 7 nitrogen and oxygen atoms in total. The van der Waals surface area contributed by atoms with Gasteiger partial charge in [-0.05, 0) is 42.0 Å². The molecule has 0 saturated carbocycles. The molecule has 0 spiro atoms. The fraction of sp³-hybridized carbons (Fsp3) is 0.167. The van der Waals surface area contributed by atoms with Crippen molar-refractivity contribution in [3.63, 3.8) is 0 Å². The molecule has 0 fully saturated rings. The first kappa shape index (κ1) is 19.0. The molecular formula is C18H18N4O3S2. The molecule has 0 aliphatic rings. The van der Waals surface area contributed by atoms with Crippen molar-refractivity contribution in [3.05, 3.63) is 76.3 Å². The Balaban J connectivity index is 1.65. The third kappa shape index (κ3) is 4.50. The Labute approximate surface area is 162 Å². The van der Waals surface area contributed by atoms with Crippen molar-refractivity contribution in [2.24, 2.45) is 7.05 Å². The average Bonchev–Trinajstić information content (AvgIpc) is 2.99. The highest BCUT2D eigenvalue weighted by atomic mass is 32.2. The van der Waals surface area contributed by atoms with Gasteiger partial charge in [-0.25, -0.2) is 8.42 Å². The minimum atomic E-state index is -3.42. The number of nitrogens with one attached hydrogen (secondary N) is 2. The quantitative estimate of drug-likeness (QED) is 0.617. The Kier molecular flexibility index (Phi) is 5.52. The number of amides is 1. The monoisotopic (exact) mass is 402 g/mol. The van der Waals surface area contributed by atoms with Crippen LogP contribution in [0.2, 0.25) is 0 Å². The molecule has 0 radical (unpaired) electrons. The normalized spacial score (nSPS) is 11.3. The van der Waals surface area contributed by atoms with E-state index in [1.54, 1.807) is 66.2 Å². The number of H-pyrrole nitrogens is 1. The van der Waals surface area contributed by atoms with E-state index in [0.717, 1.165) is 0 Å². The summed E-state index contributed by atoms with van der Waals surface area (Å²) in [5.74, 6) is 0.212. The fourth-order valence-electron chi connectivity index (χ4n) is 2.48. The van der Waals surface area contributed by atoms with Gasteiger partial charge in [0.1, 0.15) is 0 Å². The maximum Gasteiger partial charge on any atom is 0.251 e. The zero-order valence-electron chi connectivity index (χ0n) is 14.5. The summed E-state index contributed by atoms with van der Waals surface area (Å²) >= 11 is 5.02. The van der Waals surface area contributed by atoms with Crippen molar-refractivity contribution in [1.82, 2.24) is 20.1 Å². The lowest BCUT2D eigenvalue weighted by Gasteiger charge is -2.07. The van der Waals surface area contributed by atoms with Gasteiger partial charge in [-0.2, -0.15) is 5.10 Å². The van der Waals surface area contributed by atoms with Crippen molar-refractivity contribution in [2.75, 3.05) is 0 Å². The molecule has 1 amide bonds. The first-order valence-electron chi connectivity index (χ1n) is 8.12. The number of carbonyl (C=O) groups excluding carboxylic acids is 1. The SMILES string of the molecule is Cn1c(CNC(=O)c2ccc(CS(=O)(=O)c3ccccc3)cc2)n[nH]c1=S. The first-order chi connectivity index (χ1) is 12.9. The van der Waals surface area contributed by atoms with E-state index in [1.165, 1.54) is 0 Å². The summed E-state index contributed by atoms with van der Waals surface area (Å²) in [7, 11) is -1.66. The van der Waals surface area contributed by atoms with Crippen LogP contribution >= 0.6 is 12.2 Å². The van der Waals surface area contributed by atoms with Crippen molar-refractivity contribution >= 4 is 28.0 Å². The highest BCUT2D eigenvalue weighted by Crippen LogP contribution is 2.16. The average molecular weight is 403 g/mol. The lowest BCUT2D eigenvalue weighted by Crippen LogP contribution is -2.24. The van der Waals surface area contributed by atoms with Crippen molar-refractivity contribution in [3.8, 4) is 0 Å². The van der Waals surface area contributed by atoms with E-state index in [0.29, 0.717) is 21.7 Å². The number of hydrogen-bond donors (Lipinski definition) is 2. The van der Waals surface area contributed by atoms with Crippen molar-refractivity contribution < 1.29 is 13.2 Å². The molecule has 2 aromatic carbocycles. The van der Waals surface area contributed by atoms with E-state index in [-0.39, 0.29) is 23.1 Å². The molecule has 3 rings (SSSR count). The smallest absolute Gasteiger partial charge is 0.251 e. The summed E-state index contributed by atoms with van der Waals surface area (Å²) in [6.45, 7) is 0.229. The van der Waals surface area contributed by atoms with Crippen LogP contribution in [-0.2, 0) is 29.2 Å². The molecule has 2 N–H and O–H groups in total. The van der Waals surface area contributed by atoms with Gasteiger partial charge in [0.15, 0.2) is 20.4 Å². The summed E-state index contributed by atoms with van der Waals surface area (Å²) in [6, 6.07) is 14.8. The van der Waals surface area contributed by atoms with Crippen LogP contribution < -0.4 is 5.32 Å². The maximum absolute atomic E-state index is 12.4. The summed E-state index contributed by atoms with van der Waals surface area (Å²) in [5, 5.41) is 9.44. The highest BCUT2D eigenvalue weighted by molar-refractivity contribution is 7.90. The van der Waals surface area contributed by atoms with Crippen LogP contribution in [0.4, 0.5) is 0 Å². The van der Waals surface area contributed by atoms with E-state index >= 15 is 0 Å². The molecule has 0 unspecified atom stereocenters. The molecule has 27 heavy (non-hydrogen) atoms. The Morgan fingerprint density at radius 2 is 1.81 bits per heavy atom. The van der Waals surface area contributed by atoms with E-state index in [1.807, 2.05) is 0 Å². The second kappa shape index (κ2) is 7.85. The highest BCUT2D eigenvalue weighted by Gasteiger charge is 2.15. The Bertz CT molecular complexity index is 1100. The third-order valence-electron chi connectivity index (χ3n) is 4.05. The first-order valence-corrected chi connectivity index (χ1v) is 10.2. The fourth-order valence-corrected chi connectivity index (χ4v) is 4.00. The van der Waals surface area contributed by atoms with Crippen molar-refractivity contribution in [2.45, 2.75) is 17.2 Å². The summed E-state index contributed by atoms with van der Waals surface area (Å²) < 4.78 is 27.0. The second-order valence-corrected chi connectivity index (χ2v) is 8.33. The zero-order chi connectivity index (χ0) is 19.4. The molecule has 3 aromatic rings. The molecule has 0 aliphatic carbocycles. The number of nitrogens with zero attached hydrogens (tertiary/aromatic N) is 2. The number of rotatable bonds is 6. The third-order valence-corrected chi connectivity index (χ3v) is 6.12. The standard InChI is InChI=1S/C18H18N4O3S2/c1-22-16(20-21-18(22)26)11-19-17(23)14-9-7-13(8-10-14)12-27(24,25)15-5-3-2-4-6-15/h2-10H,11-12H2,1H3,(H,19,23)(H,21,26). The van der Waals surface area contributed by atoms with Gasteiger partial charge < -0.3 is 9.88 Å². The van der Waals surface area contributed by atoms with Gasteiger partial charge in [0, 0.05) is 12.6 Å². The largest absolute Gasteiger partial charge is 0.345 e. The minimum Gasteiger partial charge on any atom is -0.345 e.